The summed E-state index contributed by atoms with van der Waals surface area (Å²) in [5.74, 6) is 1.58. The summed E-state index contributed by atoms with van der Waals surface area (Å²) in [5, 5.41) is 0. The van der Waals surface area contributed by atoms with E-state index in [0.29, 0.717) is 13.2 Å². The van der Waals surface area contributed by atoms with Crippen molar-refractivity contribution in [3.63, 3.8) is 0 Å². The molecule has 0 saturated carbocycles. The first-order valence-corrected chi connectivity index (χ1v) is 13.2. The third-order valence-corrected chi connectivity index (χ3v) is 6.53. The van der Waals surface area contributed by atoms with E-state index in [-0.39, 0.29) is 10.8 Å². The van der Waals surface area contributed by atoms with Gasteiger partial charge in [-0.15, -0.1) is 0 Å². The zero-order valence-electron chi connectivity index (χ0n) is 23.2. The summed E-state index contributed by atoms with van der Waals surface area (Å²) >= 11 is 0. The van der Waals surface area contributed by atoms with Crippen LogP contribution in [0.4, 0.5) is 11.4 Å². The number of hydrogen-bond donors (Lipinski definition) is 0. The molecule has 2 aliphatic heterocycles. The van der Waals surface area contributed by atoms with Gasteiger partial charge in [0.25, 0.3) is 0 Å². The number of benzene rings is 2. The van der Waals surface area contributed by atoms with Crippen LogP contribution in [0.15, 0.2) is 58.5 Å². The summed E-state index contributed by atoms with van der Waals surface area (Å²) in [5.41, 5.74) is 4.78. The molecule has 2 aromatic rings. The van der Waals surface area contributed by atoms with Gasteiger partial charge in [0.1, 0.15) is 0 Å². The van der Waals surface area contributed by atoms with Gasteiger partial charge in [0.05, 0.1) is 13.2 Å². The van der Waals surface area contributed by atoms with Gasteiger partial charge < -0.3 is 9.47 Å². The van der Waals surface area contributed by atoms with Crippen LogP contribution in [0.25, 0.3) is 0 Å². The van der Waals surface area contributed by atoms with Crippen LogP contribution in [-0.2, 0) is 20.3 Å². The van der Waals surface area contributed by atoms with E-state index < -0.39 is 12.7 Å². The molecule has 2 atom stereocenters. The maximum Gasteiger partial charge on any atom is 0.235 e. The fourth-order valence-corrected chi connectivity index (χ4v) is 4.40. The molecule has 0 amide bonds. The average Bonchev–Trinajstić information content (AvgIpc) is 3.35. The number of hydrogen-bond acceptors (Lipinski definition) is 6. The number of anilines is 2. The molecule has 0 N–H and O–H groups in total. The first-order chi connectivity index (χ1) is 17.0. The van der Waals surface area contributed by atoms with Crippen LogP contribution in [0.2, 0.25) is 0 Å². The van der Waals surface area contributed by atoms with E-state index in [4.69, 9.17) is 19.5 Å². The lowest BCUT2D eigenvalue weighted by Crippen LogP contribution is -2.40. The van der Waals surface area contributed by atoms with E-state index in [1.165, 1.54) is 11.1 Å². The Hall–Kier alpha value is -2.70. The number of nitrogens with zero attached hydrogens (tertiary/aromatic N) is 4. The summed E-state index contributed by atoms with van der Waals surface area (Å²) < 4.78 is 12.4. The first-order valence-electron chi connectivity index (χ1n) is 13.2. The second-order valence-electron chi connectivity index (χ2n) is 11.6. The summed E-state index contributed by atoms with van der Waals surface area (Å²) in [7, 11) is 0. The molecule has 0 spiro atoms. The molecule has 0 radical (unpaired) electrons. The molecule has 6 nitrogen and oxygen atoms in total. The number of fused-ring (bicyclic) bond motifs is 1. The van der Waals surface area contributed by atoms with Crippen molar-refractivity contribution in [2.75, 3.05) is 23.0 Å². The second-order valence-corrected chi connectivity index (χ2v) is 11.6. The van der Waals surface area contributed by atoms with Gasteiger partial charge in [0.15, 0.2) is 11.7 Å². The molecule has 2 heterocycles. The Balaban J connectivity index is 1.72. The van der Waals surface area contributed by atoms with Crippen molar-refractivity contribution < 1.29 is 9.47 Å². The SMILES string of the molecule is CCCOC1N=C2C(=NC(OCCC)N2c2ccc(C(C)(C)C)cc2)N1c1ccc(C(C)(C)C)cc1. The zero-order valence-corrected chi connectivity index (χ0v) is 23.2. The highest BCUT2D eigenvalue weighted by Gasteiger charge is 2.45. The van der Waals surface area contributed by atoms with Gasteiger partial charge in [0, 0.05) is 11.4 Å². The summed E-state index contributed by atoms with van der Waals surface area (Å²) in [6.45, 7) is 18.8. The Morgan fingerprint density at radius 2 is 0.944 bits per heavy atom. The van der Waals surface area contributed by atoms with Gasteiger partial charge in [-0.3, -0.25) is 9.80 Å². The average molecular weight is 491 g/mol. The van der Waals surface area contributed by atoms with Crippen molar-refractivity contribution in [3.05, 3.63) is 59.7 Å². The van der Waals surface area contributed by atoms with E-state index in [1.54, 1.807) is 0 Å². The Kier molecular flexibility index (Phi) is 7.58. The van der Waals surface area contributed by atoms with Gasteiger partial charge in [-0.25, -0.2) is 9.98 Å². The van der Waals surface area contributed by atoms with Crippen molar-refractivity contribution in [2.24, 2.45) is 9.98 Å². The molecular formula is C30H42N4O2. The molecule has 6 heteroatoms. The minimum absolute atomic E-state index is 0.0866. The molecule has 0 aromatic heterocycles. The summed E-state index contributed by atoms with van der Waals surface area (Å²) in [6.07, 6.45) is 0.931. The molecule has 194 valence electrons. The van der Waals surface area contributed by atoms with Crippen molar-refractivity contribution >= 4 is 23.0 Å². The summed E-state index contributed by atoms with van der Waals surface area (Å²) in [6, 6.07) is 17.3. The van der Waals surface area contributed by atoms with Crippen LogP contribution in [0.5, 0.6) is 0 Å². The number of aliphatic imine (C=N–C) groups is 2. The molecule has 4 rings (SSSR count). The number of ether oxygens (including phenoxy) is 2. The van der Waals surface area contributed by atoms with E-state index in [9.17, 15) is 0 Å². The largest absolute Gasteiger partial charge is 0.339 e. The normalized spacial score (nSPS) is 20.0. The maximum absolute atomic E-state index is 6.21. The van der Waals surface area contributed by atoms with Gasteiger partial charge in [0.2, 0.25) is 12.7 Å². The fourth-order valence-electron chi connectivity index (χ4n) is 4.40. The molecular weight excluding hydrogens is 448 g/mol. The van der Waals surface area contributed by atoms with Crippen LogP contribution in [0, 0.1) is 0 Å². The van der Waals surface area contributed by atoms with Gasteiger partial charge in [-0.1, -0.05) is 79.7 Å². The third-order valence-electron chi connectivity index (χ3n) is 6.53. The smallest absolute Gasteiger partial charge is 0.235 e. The Bertz CT molecular complexity index is 1000. The lowest BCUT2D eigenvalue weighted by atomic mass is 9.87. The maximum atomic E-state index is 6.21. The van der Waals surface area contributed by atoms with Crippen molar-refractivity contribution in [1.29, 1.82) is 0 Å². The predicted molar refractivity (Wildman–Crippen MR) is 150 cm³/mol. The number of rotatable bonds is 8. The molecule has 0 aliphatic carbocycles. The molecule has 2 aromatic carbocycles. The summed E-state index contributed by atoms with van der Waals surface area (Å²) in [4.78, 5) is 14.3. The van der Waals surface area contributed by atoms with Crippen LogP contribution >= 0.6 is 0 Å². The number of amidine groups is 2. The van der Waals surface area contributed by atoms with Gasteiger partial charge in [-0.05, 0) is 59.1 Å². The predicted octanol–water partition coefficient (Wildman–Crippen LogP) is 6.84. The quantitative estimate of drug-likeness (QED) is 0.406. The van der Waals surface area contributed by atoms with Crippen LogP contribution in [0.1, 0.15) is 79.4 Å². The van der Waals surface area contributed by atoms with Crippen LogP contribution < -0.4 is 9.80 Å². The van der Waals surface area contributed by atoms with E-state index in [2.05, 4.69) is 114 Å². The van der Waals surface area contributed by atoms with E-state index in [1.807, 2.05) is 0 Å². The minimum Gasteiger partial charge on any atom is -0.339 e. The topological polar surface area (TPSA) is 49.7 Å². The van der Waals surface area contributed by atoms with E-state index in [0.717, 1.165) is 35.9 Å². The second kappa shape index (κ2) is 10.3. The molecule has 0 fully saturated rings. The van der Waals surface area contributed by atoms with Crippen molar-refractivity contribution in [2.45, 2.75) is 91.8 Å². The minimum atomic E-state index is -0.456. The lowest BCUT2D eigenvalue weighted by molar-refractivity contribution is 0.0612. The standard InChI is InChI=1S/C30H42N4O2/c1-9-19-35-27-31-25-26(33(27)23-15-11-21(12-16-23)29(3,4)5)32-28(36-20-10-2)34(25)24-17-13-22(14-18-24)30(6,7)8/h11-18,27-28H,9-10,19-20H2,1-8H3. The van der Waals surface area contributed by atoms with Gasteiger partial charge in [-0.2, -0.15) is 0 Å². The Morgan fingerprint density at radius 1 is 0.611 bits per heavy atom. The van der Waals surface area contributed by atoms with Crippen molar-refractivity contribution in [3.8, 4) is 0 Å². The molecule has 2 unspecified atom stereocenters. The van der Waals surface area contributed by atoms with Crippen LogP contribution in [0.3, 0.4) is 0 Å². The van der Waals surface area contributed by atoms with Crippen molar-refractivity contribution in [1.82, 2.24) is 0 Å². The molecule has 0 bridgehead atoms. The fraction of sp³-hybridized carbons (Fsp3) is 0.533. The molecule has 2 aliphatic rings. The Labute approximate surface area is 217 Å². The monoisotopic (exact) mass is 490 g/mol. The highest BCUT2D eigenvalue weighted by atomic mass is 16.5. The Morgan fingerprint density at radius 3 is 1.22 bits per heavy atom. The lowest BCUT2D eigenvalue weighted by Gasteiger charge is -2.26. The zero-order chi connectivity index (χ0) is 26.1. The highest BCUT2D eigenvalue weighted by Crippen LogP contribution is 2.35. The molecule has 0 saturated heterocycles. The third kappa shape index (κ3) is 5.35. The molecule has 36 heavy (non-hydrogen) atoms. The van der Waals surface area contributed by atoms with E-state index >= 15 is 0 Å². The highest BCUT2D eigenvalue weighted by molar-refractivity contribution is 6.52. The van der Waals surface area contributed by atoms with Gasteiger partial charge >= 0.3 is 0 Å². The first kappa shape index (κ1) is 26.4. The van der Waals surface area contributed by atoms with Crippen LogP contribution in [-0.4, -0.2) is 37.6 Å².